The van der Waals surface area contributed by atoms with Crippen LogP contribution >= 0.6 is 0 Å². The maximum atomic E-state index is 12.7. The molecule has 1 heterocycles. The standard InChI is InChI=1S/C25H21N3O4S/c1-3-31-24-15-18(14-19(16-26)25-27-21-6-4-5-7-22(21)28-25)10-13-23(24)32-33(29,30)20-11-8-17(2)9-12-20/h4-15H,3H2,1-2H3,(H,27,28)/b19-14+. The van der Waals surface area contributed by atoms with Crippen molar-refractivity contribution in [1.82, 2.24) is 9.97 Å². The molecule has 4 aromatic rings. The van der Waals surface area contributed by atoms with Crippen molar-refractivity contribution in [3.63, 3.8) is 0 Å². The summed E-state index contributed by atoms with van der Waals surface area (Å²) in [6, 6.07) is 20.9. The zero-order valence-corrected chi connectivity index (χ0v) is 18.9. The van der Waals surface area contributed by atoms with Gasteiger partial charge in [0.25, 0.3) is 0 Å². The van der Waals surface area contributed by atoms with Crippen LogP contribution in [-0.4, -0.2) is 25.0 Å². The van der Waals surface area contributed by atoms with Crippen LogP contribution in [0.5, 0.6) is 11.5 Å². The van der Waals surface area contributed by atoms with Gasteiger partial charge in [-0.3, -0.25) is 0 Å². The van der Waals surface area contributed by atoms with E-state index in [1.54, 1.807) is 37.3 Å². The first-order valence-corrected chi connectivity index (χ1v) is 11.7. The number of H-pyrrole nitrogens is 1. The van der Waals surface area contributed by atoms with Crippen LogP contribution in [0.1, 0.15) is 23.9 Å². The second-order valence-corrected chi connectivity index (χ2v) is 8.81. The molecule has 0 atom stereocenters. The molecule has 0 aliphatic rings. The molecule has 0 saturated carbocycles. The number of aromatic nitrogens is 2. The Morgan fingerprint density at radius 1 is 1.09 bits per heavy atom. The lowest BCUT2D eigenvalue weighted by molar-refractivity contribution is 0.327. The Hall–Kier alpha value is -4.09. The van der Waals surface area contributed by atoms with Crippen LogP contribution in [0.2, 0.25) is 0 Å². The van der Waals surface area contributed by atoms with E-state index in [1.165, 1.54) is 18.2 Å². The number of aromatic amines is 1. The Labute approximate surface area is 192 Å². The van der Waals surface area contributed by atoms with Crippen molar-refractivity contribution < 1.29 is 17.3 Å². The molecule has 0 radical (unpaired) electrons. The van der Waals surface area contributed by atoms with Crippen LogP contribution in [-0.2, 0) is 10.1 Å². The first-order chi connectivity index (χ1) is 15.9. The van der Waals surface area contributed by atoms with Gasteiger partial charge in [-0.15, -0.1) is 0 Å². The summed E-state index contributed by atoms with van der Waals surface area (Å²) >= 11 is 0. The summed E-state index contributed by atoms with van der Waals surface area (Å²) in [5, 5.41) is 9.68. The molecule has 0 amide bonds. The summed E-state index contributed by atoms with van der Waals surface area (Å²) < 4.78 is 36.4. The number of aryl methyl sites for hydroxylation is 1. The van der Waals surface area contributed by atoms with Crippen LogP contribution in [0.3, 0.4) is 0 Å². The van der Waals surface area contributed by atoms with Crippen LogP contribution < -0.4 is 8.92 Å². The predicted octanol–water partition coefficient (Wildman–Crippen LogP) is 5.10. The topological polar surface area (TPSA) is 105 Å². The van der Waals surface area contributed by atoms with Crippen molar-refractivity contribution in [2.75, 3.05) is 6.61 Å². The van der Waals surface area contributed by atoms with Gasteiger partial charge in [-0.25, -0.2) is 4.98 Å². The number of fused-ring (bicyclic) bond motifs is 1. The highest BCUT2D eigenvalue weighted by Crippen LogP contribution is 2.32. The van der Waals surface area contributed by atoms with Gasteiger partial charge in [-0.2, -0.15) is 13.7 Å². The van der Waals surface area contributed by atoms with Gasteiger partial charge in [0.05, 0.1) is 23.2 Å². The van der Waals surface area contributed by atoms with E-state index in [2.05, 4.69) is 16.0 Å². The number of para-hydroxylation sites is 2. The van der Waals surface area contributed by atoms with Gasteiger partial charge in [0, 0.05) is 0 Å². The van der Waals surface area contributed by atoms with E-state index in [0.717, 1.165) is 16.6 Å². The number of imidazole rings is 1. The number of benzene rings is 3. The third-order valence-electron chi connectivity index (χ3n) is 4.85. The Balaban J connectivity index is 1.67. The molecule has 0 saturated heterocycles. The van der Waals surface area contributed by atoms with E-state index in [9.17, 15) is 13.7 Å². The minimum absolute atomic E-state index is 0.0520. The van der Waals surface area contributed by atoms with Crippen LogP contribution in [0.15, 0.2) is 71.6 Å². The smallest absolute Gasteiger partial charge is 0.339 e. The predicted molar refractivity (Wildman–Crippen MR) is 126 cm³/mol. The average Bonchev–Trinajstić information content (AvgIpc) is 3.23. The van der Waals surface area contributed by atoms with Gasteiger partial charge in [0.15, 0.2) is 11.5 Å². The van der Waals surface area contributed by atoms with Crippen molar-refractivity contribution >= 4 is 32.8 Å². The molecule has 166 valence electrons. The maximum Gasteiger partial charge on any atom is 0.339 e. The molecule has 0 bridgehead atoms. The van der Waals surface area contributed by atoms with Crippen LogP contribution in [0.25, 0.3) is 22.7 Å². The highest BCUT2D eigenvalue weighted by molar-refractivity contribution is 7.87. The van der Waals surface area contributed by atoms with Crippen molar-refractivity contribution in [2.45, 2.75) is 18.7 Å². The van der Waals surface area contributed by atoms with Crippen LogP contribution in [0.4, 0.5) is 0 Å². The number of nitriles is 1. The molecule has 0 aliphatic heterocycles. The van der Waals surface area contributed by atoms with E-state index in [4.69, 9.17) is 8.92 Å². The Morgan fingerprint density at radius 2 is 1.85 bits per heavy atom. The van der Waals surface area contributed by atoms with Gasteiger partial charge in [-0.05, 0) is 61.9 Å². The lowest BCUT2D eigenvalue weighted by atomic mass is 10.1. The molecule has 7 nitrogen and oxygen atoms in total. The Morgan fingerprint density at radius 3 is 2.55 bits per heavy atom. The SMILES string of the molecule is CCOc1cc(/C=C(\C#N)c2nc3ccccc3[nH]2)ccc1OS(=O)(=O)c1ccc(C)cc1. The molecule has 0 spiro atoms. The molecular formula is C25H21N3O4S. The summed E-state index contributed by atoms with van der Waals surface area (Å²) in [7, 11) is -4.03. The fourth-order valence-corrected chi connectivity index (χ4v) is 4.16. The number of nitrogens with zero attached hydrogens (tertiary/aromatic N) is 2. The Bertz CT molecular complexity index is 1450. The highest BCUT2D eigenvalue weighted by Gasteiger charge is 2.19. The summed E-state index contributed by atoms with van der Waals surface area (Å²) in [4.78, 5) is 7.65. The summed E-state index contributed by atoms with van der Waals surface area (Å²) in [6.07, 6.45) is 1.65. The number of nitrogens with one attached hydrogen (secondary N) is 1. The van der Waals surface area contributed by atoms with Crippen molar-refractivity contribution in [3.05, 3.63) is 83.7 Å². The monoisotopic (exact) mass is 459 g/mol. The molecule has 0 unspecified atom stereocenters. The zero-order valence-electron chi connectivity index (χ0n) is 18.1. The summed E-state index contributed by atoms with van der Waals surface area (Å²) in [5.74, 6) is 0.764. The van der Waals surface area contributed by atoms with Crippen LogP contribution in [0, 0.1) is 18.3 Å². The molecule has 0 fully saturated rings. The minimum atomic E-state index is -4.03. The van der Waals surface area contributed by atoms with E-state index < -0.39 is 10.1 Å². The number of hydrogen-bond donors (Lipinski definition) is 1. The van der Waals surface area contributed by atoms with Gasteiger partial charge in [0.2, 0.25) is 0 Å². The summed E-state index contributed by atoms with van der Waals surface area (Å²) in [6.45, 7) is 3.97. The Kier molecular flexibility index (Phi) is 6.16. The van der Waals surface area contributed by atoms with E-state index in [1.807, 2.05) is 31.2 Å². The number of ether oxygens (including phenoxy) is 1. The number of rotatable bonds is 7. The first-order valence-electron chi connectivity index (χ1n) is 10.2. The molecule has 4 rings (SSSR count). The van der Waals surface area contributed by atoms with Gasteiger partial charge in [-0.1, -0.05) is 35.9 Å². The lowest BCUT2D eigenvalue weighted by Crippen LogP contribution is -2.10. The number of hydrogen-bond acceptors (Lipinski definition) is 6. The van der Waals surface area contributed by atoms with Gasteiger partial charge >= 0.3 is 10.1 Å². The van der Waals surface area contributed by atoms with Gasteiger partial charge < -0.3 is 13.9 Å². The molecular weight excluding hydrogens is 438 g/mol. The minimum Gasteiger partial charge on any atom is -0.490 e. The average molecular weight is 460 g/mol. The van der Waals surface area contributed by atoms with Gasteiger partial charge in [0.1, 0.15) is 16.8 Å². The van der Waals surface area contributed by atoms with Crippen molar-refractivity contribution in [1.29, 1.82) is 5.26 Å². The maximum absolute atomic E-state index is 12.7. The fourth-order valence-electron chi connectivity index (χ4n) is 3.22. The molecule has 1 aromatic heterocycles. The second kappa shape index (κ2) is 9.18. The molecule has 0 aliphatic carbocycles. The third kappa shape index (κ3) is 4.89. The summed E-state index contributed by atoms with van der Waals surface area (Å²) in [5.41, 5.74) is 3.49. The molecule has 1 N–H and O–H groups in total. The molecule has 33 heavy (non-hydrogen) atoms. The first kappa shape index (κ1) is 22.1. The van der Waals surface area contributed by atoms with Crippen molar-refractivity contribution in [3.8, 4) is 17.6 Å². The van der Waals surface area contributed by atoms with Crippen molar-refractivity contribution in [2.24, 2.45) is 0 Å². The highest BCUT2D eigenvalue weighted by atomic mass is 32.2. The quantitative estimate of drug-likeness (QED) is 0.304. The normalized spacial score (nSPS) is 11.8. The largest absolute Gasteiger partial charge is 0.490 e. The molecule has 8 heteroatoms. The second-order valence-electron chi connectivity index (χ2n) is 7.26. The third-order valence-corrected chi connectivity index (χ3v) is 6.10. The van der Waals surface area contributed by atoms with E-state index in [0.29, 0.717) is 23.6 Å². The fraction of sp³-hybridized carbons (Fsp3) is 0.120. The van der Waals surface area contributed by atoms with E-state index in [-0.39, 0.29) is 16.4 Å². The number of allylic oxidation sites excluding steroid dienone is 1. The zero-order chi connectivity index (χ0) is 23.4. The lowest BCUT2D eigenvalue weighted by Gasteiger charge is -2.13. The molecule has 3 aromatic carbocycles. The van der Waals surface area contributed by atoms with E-state index >= 15 is 0 Å².